The maximum absolute atomic E-state index is 14.4. The molecule has 7 aliphatic heterocycles. The summed E-state index contributed by atoms with van der Waals surface area (Å²) in [6, 6.07) is 0.0975. The first-order valence-corrected chi connectivity index (χ1v) is 47.7. The number of carbonyl (C=O) groups is 5. The van der Waals surface area contributed by atoms with Gasteiger partial charge in [0.2, 0.25) is 88.0 Å². The van der Waals surface area contributed by atoms with Crippen LogP contribution in [0.5, 0.6) is 0 Å². The van der Waals surface area contributed by atoms with Gasteiger partial charge in [0.05, 0.1) is 32.3 Å². The van der Waals surface area contributed by atoms with Gasteiger partial charge in [0.15, 0.2) is 75.3 Å². The van der Waals surface area contributed by atoms with E-state index < -0.39 is 158 Å². The van der Waals surface area contributed by atoms with Gasteiger partial charge in [-0.1, -0.05) is 25.8 Å². The maximum atomic E-state index is 14.4. The molecule has 0 spiro atoms. The van der Waals surface area contributed by atoms with Gasteiger partial charge in [0, 0.05) is 132 Å². The molecule has 2 aliphatic carbocycles. The topological polar surface area (TPSA) is 454 Å². The van der Waals surface area contributed by atoms with Gasteiger partial charge in [-0.15, -0.1) is 0 Å². The first-order chi connectivity index (χ1) is 69.8. The highest BCUT2D eigenvalue weighted by molar-refractivity contribution is 5.80. The van der Waals surface area contributed by atoms with E-state index >= 15 is 0 Å². The smallest absolute Gasteiger partial charge is 0.249 e. The highest BCUT2D eigenvalue weighted by atomic mass is 19.2. The van der Waals surface area contributed by atoms with E-state index in [2.05, 4.69) is 50.7 Å². The molecule has 51 heteroatoms. The highest BCUT2D eigenvalue weighted by Gasteiger charge is 2.53. The van der Waals surface area contributed by atoms with Crippen molar-refractivity contribution in [1.82, 2.24) is 75.2 Å². The fraction of sp³-hybridized carbons (Fsp3) is 0.531. The van der Waals surface area contributed by atoms with Crippen molar-refractivity contribution in [1.29, 1.82) is 0 Å². The molecule has 9 fully saturated rings. The number of methoxy groups -OCH3 is 1. The van der Waals surface area contributed by atoms with Crippen molar-refractivity contribution in [2.75, 3.05) is 66.3 Å². The Balaban J connectivity index is 0.000000138. The van der Waals surface area contributed by atoms with E-state index in [1.165, 1.54) is 28.5 Å². The van der Waals surface area contributed by atoms with Gasteiger partial charge in [-0.25, -0.2) is 79.0 Å². The van der Waals surface area contributed by atoms with Crippen LogP contribution in [0, 0.1) is 87.3 Å². The van der Waals surface area contributed by atoms with Crippen molar-refractivity contribution in [3.63, 3.8) is 0 Å². The minimum Gasteiger partial charge on any atom is -0.380 e. The molecule has 7 saturated heterocycles. The molecule has 5 aromatic heterocycles. The molecule has 794 valence electrons. The molecule has 33 nitrogen and oxygen atoms in total. The molecule has 5 amide bonds. The predicted molar refractivity (Wildman–Crippen MR) is 474 cm³/mol. The quantitative estimate of drug-likeness (QED) is 0.0199. The molecule has 2 saturated carbocycles. The lowest BCUT2D eigenvalue weighted by atomic mass is 10.0. The number of rotatable bonds is 31. The van der Waals surface area contributed by atoms with Gasteiger partial charge in [0.1, 0.15) is 64.9 Å². The van der Waals surface area contributed by atoms with E-state index in [-0.39, 0.29) is 188 Å². The molecule has 19 rings (SSSR count). The van der Waals surface area contributed by atoms with Crippen molar-refractivity contribution < 1.29 is 140 Å². The zero-order chi connectivity index (χ0) is 106. The molecule has 10 atom stereocenters. The number of carbonyl (C=O) groups excluding carboxylic acids is 5. The number of likely N-dealkylation sites (tertiary alicyclic amines) is 5. The van der Waals surface area contributed by atoms with Crippen LogP contribution < -0.4 is 28.7 Å². The minimum atomic E-state index is -1.77. The maximum Gasteiger partial charge on any atom is 0.249 e. The van der Waals surface area contributed by atoms with Gasteiger partial charge < -0.3 is 90.0 Å². The molecule has 147 heavy (non-hydrogen) atoms. The van der Waals surface area contributed by atoms with Crippen LogP contribution in [0.4, 0.5) is 79.0 Å². The number of alkyl halides is 3. The Hall–Kier alpha value is -12.4. The summed E-state index contributed by atoms with van der Waals surface area (Å²) in [4.78, 5) is 92.7. The third-order valence-electron chi connectivity index (χ3n) is 26.7. The van der Waals surface area contributed by atoms with Crippen LogP contribution in [-0.4, -0.2) is 201 Å². The number of nitrogens with zero attached hydrogens (tertiary/aromatic N) is 15. The fourth-order valence-corrected chi connectivity index (χ4v) is 18.3. The van der Waals surface area contributed by atoms with Crippen LogP contribution in [0.25, 0.3) is 0 Å². The summed E-state index contributed by atoms with van der Waals surface area (Å²) in [5, 5.41) is 19.0. The van der Waals surface area contributed by atoms with Crippen molar-refractivity contribution in [3.05, 3.63) is 234 Å². The molecule has 0 unspecified atom stereocenters. The summed E-state index contributed by atoms with van der Waals surface area (Å²) in [6.45, 7) is 5.79. The first kappa shape index (κ1) is 109. The summed E-state index contributed by atoms with van der Waals surface area (Å²) >= 11 is 0. The Kier molecular flexibility index (Phi) is 34.1. The standard InChI is InChI=1S/C20H23F3N4O3.C19H20F4N4O3.C19H20F4N4O2.C19H22F4N4O2.C19H21F3N4O3/c1-29-20(4-5-20)19-25-18(30-26-19)16-3-2-6-27(16)17(28)9-12(24)7-11-8-14(22)15(23)10-13(11)21;20-12-7-14(22)13(21)5-10(12)4-11(24)6-16(28)27-3-1-2-15(27)17-25-18(26-30-17)19(23)8-29-9-19;20-12-9-14(22)13(21)7-10(12)6-11(24)8-16(28)27-5-1-2-15(27)17-25-18(26-29-17)19(23)3-4-19;1-19(2,23)18-25-17(29-26-18)15-4-3-5-27(15)16(28)8-11(24)6-10-7-13(21)14(22)9-12(10)20;20-13-7-15(22)14(21)5-10(13)4-12(23)6-17(27)26-3-1-2-16(26)19-24-18(25-29-19)11-8-28-9-11/h8,10,12,16H,2-7,9,24H2,1H3;5,7,11,15H,1-4,6,8-9,24H2;7,9,11,15H,1-6,8,24H2;7,9,11,15H,3-6,8,24H2,1-2H3;5,7,11-12,16H,1-4,6,8-9,23H2/t12-,16+;3*11-,15+;12-,16+/m11111/s1. The third kappa shape index (κ3) is 26.1. The van der Waals surface area contributed by atoms with Crippen molar-refractivity contribution in [2.45, 2.75) is 257 Å². The number of hydrogen-bond donors (Lipinski definition) is 5. The second-order valence-corrected chi connectivity index (χ2v) is 38.5. The molecule has 10 aromatic rings. The van der Waals surface area contributed by atoms with E-state index in [1.807, 2.05) is 0 Å². The van der Waals surface area contributed by atoms with E-state index in [0.717, 1.165) is 56.0 Å². The molecule has 0 radical (unpaired) electrons. The third-order valence-corrected chi connectivity index (χ3v) is 26.7. The Morgan fingerprint density at radius 1 is 0.354 bits per heavy atom. The summed E-state index contributed by atoms with van der Waals surface area (Å²) in [5.74, 6) is -15.9. The van der Waals surface area contributed by atoms with Crippen molar-refractivity contribution in [2.24, 2.45) is 28.7 Å². The fourth-order valence-electron chi connectivity index (χ4n) is 18.3. The minimum absolute atomic E-state index is 0.0114. The predicted octanol–water partition coefficient (Wildman–Crippen LogP) is 13.7. The molecule has 0 bridgehead atoms. The van der Waals surface area contributed by atoms with E-state index in [0.29, 0.717) is 164 Å². The zero-order valence-corrected chi connectivity index (χ0v) is 79.7. The molecule has 10 N–H and O–H groups in total. The SMILES string of the molecule is CC(C)(F)c1noc([C@@H]2CCCN2C(=O)C[C@H](N)Cc2cc(F)c(F)cc2F)n1.COC1(c2noc([C@@H]3CCCN3C(=O)C[C@H](N)Cc3cc(F)c(F)cc3F)n2)CC1.N[C@@H](CC(=O)N1CCC[C@H]1c1nc(C2(F)CC2)no1)Cc1cc(F)c(F)cc1F.N[C@@H](CC(=O)N1CCC[C@H]1c1nc(C2(F)COC2)no1)Cc1cc(F)c(F)cc1F.N[C@@H](CC(=O)N1CCC[C@H]1c1nc(C2COC2)no1)Cc1cc(F)c(F)cc1F. The van der Waals surface area contributed by atoms with Gasteiger partial charge >= 0.3 is 0 Å². The number of halogens is 18. The van der Waals surface area contributed by atoms with Crippen molar-refractivity contribution >= 4 is 29.5 Å². The highest BCUT2D eigenvalue weighted by Crippen LogP contribution is 2.50. The number of benzene rings is 5. The van der Waals surface area contributed by atoms with Crippen LogP contribution in [0.2, 0.25) is 0 Å². The lowest BCUT2D eigenvalue weighted by Gasteiger charge is -2.30. The second kappa shape index (κ2) is 46.1. The number of amides is 5. The largest absolute Gasteiger partial charge is 0.380 e. The molecule has 12 heterocycles. The van der Waals surface area contributed by atoms with Gasteiger partial charge in [0.25, 0.3) is 0 Å². The zero-order valence-electron chi connectivity index (χ0n) is 79.7. The Morgan fingerprint density at radius 2 is 0.612 bits per heavy atom. The van der Waals surface area contributed by atoms with Crippen LogP contribution in [0.15, 0.2) is 83.3 Å². The van der Waals surface area contributed by atoms with E-state index in [9.17, 15) is 103 Å². The molecular weight excluding hydrogens is 1980 g/mol. The summed E-state index contributed by atoms with van der Waals surface area (Å²) in [7, 11) is 1.60. The lowest BCUT2D eigenvalue weighted by Crippen LogP contribution is -2.43. The average molecular weight is 2090 g/mol. The van der Waals surface area contributed by atoms with Crippen LogP contribution in [0.3, 0.4) is 0 Å². The number of ether oxygens (including phenoxy) is 3. The van der Waals surface area contributed by atoms with E-state index in [4.69, 9.17) is 65.5 Å². The van der Waals surface area contributed by atoms with Crippen LogP contribution in [0.1, 0.15) is 258 Å². The number of nitrogens with two attached hydrogens (primary N) is 5. The van der Waals surface area contributed by atoms with Gasteiger partial charge in [-0.2, -0.15) is 24.9 Å². The Morgan fingerprint density at radius 3 is 0.864 bits per heavy atom. The first-order valence-electron chi connectivity index (χ1n) is 47.7. The van der Waals surface area contributed by atoms with Gasteiger partial charge in [-0.3, -0.25) is 24.0 Å². The van der Waals surface area contributed by atoms with Crippen molar-refractivity contribution in [3.8, 4) is 0 Å². The molecular formula is C96H106F18N20O13. The van der Waals surface area contributed by atoms with Gasteiger partial charge in [-0.05, 0) is 194 Å². The summed E-state index contributed by atoms with van der Waals surface area (Å²) < 4.78 is 285. The monoisotopic (exact) mass is 2090 g/mol. The Bertz CT molecular complexity index is 6080. The number of aromatic nitrogens is 10. The normalized spacial score (nSPS) is 20.6. The van der Waals surface area contributed by atoms with Crippen LogP contribution in [-0.2, 0) is 92.9 Å². The van der Waals surface area contributed by atoms with Crippen LogP contribution >= 0.6 is 0 Å². The molecule has 5 aromatic carbocycles. The summed E-state index contributed by atoms with van der Waals surface area (Å²) in [6.07, 6.45) is 8.03. The summed E-state index contributed by atoms with van der Waals surface area (Å²) in [5.41, 5.74) is 23.9. The second-order valence-electron chi connectivity index (χ2n) is 38.5. The molecule has 9 aliphatic rings. The van der Waals surface area contributed by atoms with E-state index in [1.54, 1.807) is 16.9 Å². The lowest BCUT2D eigenvalue weighted by molar-refractivity contribution is -0.140. The average Bonchev–Trinajstić information content (AvgIpc) is 1.60. The Labute approximate surface area is 827 Å². The number of hydrogen-bond acceptors (Lipinski definition) is 28.